The molecule has 11 heteroatoms. The number of ether oxygens (including phenoxy) is 2. The van der Waals surface area contributed by atoms with Gasteiger partial charge in [-0.05, 0) is 60.5 Å². The van der Waals surface area contributed by atoms with Gasteiger partial charge in [0, 0.05) is 26.4 Å². The summed E-state index contributed by atoms with van der Waals surface area (Å²) in [7, 11) is 7.00. The van der Waals surface area contributed by atoms with E-state index in [-0.39, 0.29) is 108 Å². The van der Waals surface area contributed by atoms with Crippen molar-refractivity contribution in [1.29, 1.82) is 0 Å². The summed E-state index contributed by atoms with van der Waals surface area (Å²) >= 11 is 0. The standard InChI is InChI=1S/2C18H30NO.2C4H10O.2C2H6N.2Li.Zr/c2*1-16(2,3)12-10-13(17(4,5)6)15(20)14(11-12)19-18(7,8)9;2*1-3-5-4-2;2*1-3-2;;;/h2*10-11,20H,1-9H3;2*3-4H2,1-2H3;2*1-2H3;;;/q2*-1;;;2*-1;2*+1;+4/p-2. The van der Waals surface area contributed by atoms with E-state index in [1.165, 1.54) is 11.1 Å². The van der Waals surface area contributed by atoms with Gasteiger partial charge in [-0.25, -0.2) is 0 Å². The minimum atomic E-state index is -0.245. The van der Waals surface area contributed by atoms with E-state index in [2.05, 4.69) is 116 Å². The molecular weight excluding hydrogens is 802 g/mol. The molecule has 332 valence electrons. The average Bonchev–Trinajstić information content (AvgIpc) is 2.98. The van der Waals surface area contributed by atoms with Gasteiger partial charge in [-0.2, -0.15) is 28.2 Å². The van der Waals surface area contributed by atoms with Crippen molar-refractivity contribution >= 4 is 11.4 Å². The first-order chi connectivity index (χ1) is 25.1. The van der Waals surface area contributed by atoms with E-state index in [0.717, 1.165) is 37.6 Å². The molecule has 0 N–H and O–H groups in total. The Morgan fingerprint density at radius 3 is 0.746 bits per heavy atom. The molecule has 8 nitrogen and oxygen atoms in total. The first-order valence-electron chi connectivity index (χ1n) is 20.4. The van der Waals surface area contributed by atoms with E-state index < -0.39 is 0 Å². The predicted octanol–water partition coefficient (Wildman–Crippen LogP) is 7.65. The van der Waals surface area contributed by atoms with Crippen molar-refractivity contribution < 1.29 is 83.6 Å². The van der Waals surface area contributed by atoms with Crippen LogP contribution >= 0.6 is 0 Å². The van der Waals surface area contributed by atoms with Crippen LogP contribution in [-0.4, -0.2) is 65.7 Å². The zero-order chi connectivity index (χ0) is 45.5. The van der Waals surface area contributed by atoms with Crippen molar-refractivity contribution in [3.8, 4) is 11.5 Å². The van der Waals surface area contributed by atoms with Crippen LogP contribution in [-0.2, 0) is 57.3 Å². The predicted molar refractivity (Wildman–Crippen MR) is 247 cm³/mol. The number of hydrogen-bond donors (Lipinski definition) is 0. The SMILES string of the molecule is CC(C)(C)[N-]c1cc(C(C)(C)C)cc(C(C)(C)C)c1[O-].CC(C)(C)[N-]c1cc(C(C)(C)C)cc(C(C)(C)C)c1[O-].CCOCC.CCOCC.C[N-]C.C[N-]C.[Li+].[Li+].[Zr+4]. The Morgan fingerprint density at radius 1 is 0.424 bits per heavy atom. The van der Waals surface area contributed by atoms with E-state index in [1.54, 1.807) is 28.2 Å². The van der Waals surface area contributed by atoms with Crippen LogP contribution in [0.25, 0.3) is 21.3 Å². The molecule has 2 rings (SSSR count). The fourth-order valence-electron chi connectivity index (χ4n) is 4.50. The summed E-state index contributed by atoms with van der Waals surface area (Å²) in [6.07, 6.45) is 0. The fraction of sp³-hybridized carbons (Fsp3) is 0.750. The van der Waals surface area contributed by atoms with Crippen molar-refractivity contribution in [2.45, 2.75) is 185 Å². The molecule has 0 fully saturated rings. The third-order valence-electron chi connectivity index (χ3n) is 7.21. The molecule has 0 heterocycles. The summed E-state index contributed by atoms with van der Waals surface area (Å²) in [6.45, 7) is 48.9. The van der Waals surface area contributed by atoms with Crippen LogP contribution in [0.15, 0.2) is 24.3 Å². The molecule has 0 saturated heterocycles. The molecule has 0 aliphatic carbocycles. The Morgan fingerprint density at radius 2 is 0.627 bits per heavy atom. The zero-order valence-corrected chi connectivity index (χ0v) is 46.5. The van der Waals surface area contributed by atoms with Crippen molar-refractivity contribution in [2.75, 3.05) is 54.6 Å². The molecule has 0 atom stereocenters. The summed E-state index contributed by atoms with van der Waals surface area (Å²) in [5, 5.41) is 41.6. The molecule has 0 saturated carbocycles. The van der Waals surface area contributed by atoms with E-state index in [1.807, 2.05) is 81.4 Å². The second-order valence-corrected chi connectivity index (χ2v) is 19.8. The second kappa shape index (κ2) is 34.0. The summed E-state index contributed by atoms with van der Waals surface area (Å²) in [4.78, 5) is 0. The van der Waals surface area contributed by atoms with Crippen LogP contribution in [0.4, 0.5) is 11.4 Å². The van der Waals surface area contributed by atoms with Crippen LogP contribution in [0, 0.1) is 0 Å². The van der Waals surface area contributed by atoms with Crippen molar-refractivity contribution in [3.05, 3.63) is 67.8 Å². The molecule has 0 aromatic heterocycles. The van der Waals surface area contributed by atoms with Crippen LogP contribution < -0.4 is 47.9 Å². The average molecular weight is 892 g/mol. The van der Waals surface area contributed by atoms with Gasteiger partial charge < -0.3 is 41.0 Å². The van der Waals surface area contributed by atoms with Crippen molar-refractivity contribution in [2.24, 2.45) is 0 Å². The molecule has 2 aromatic carbocycles. The summed E-state index contributed by atoms with van der Waals surface area (Å²) in [5.74, 6) is 0.140. The number of hydrogen-bond acceptors (Lipinski definition) is 4. The second-order valence-electron chi connectivity index (χ2n) is 19.8. The Bertz CT molecular complexity index is 1210. The first kappa shape index (κ1) is 73.0. The number of nitrogens with zero attached hydrogens (tertiary/aromatic N) is 4. The quantitative estimate of drug-likeness (QED) is 0.277. The number of benzene rings is 2. The van der Waals surface area contributed by atoms with Crippen molar-refractivity contribution in [1.82, 2.24) is 0 Å². The largest absolute Gasteiger partial charge is 4.00 e. The molecule has 2 aromatic rings. The summed E-state index contributed by atoms with van der Waals surface area (Å²) in [6, 6.07) is 8.04. The molecule has 59 heavy (non-hydrogen) atoms. The molecule has 0 aliphatic rings. The topological polar surface area (TPSA) is 121 Å². The van der Waals surface area contributed by atoms with E-state index in [9.17, 15) is 10.2 Å². The molecule has 0 bridgehead atoms. The Labute approximate surface area is 411 Å². The Hall–Kier alpha value is -0.442. The molecule has 0 amide bonds. The molecular formula is C48H90Li2N4O4Zr. The Kier molecular flexibility index (Phi) is 42.1. The summed E-state index contributed by atoms with van der Waals surface area (Å²) in [5.41, 5.74) is 4.43. The molecule has 0 unspecified atom stereocenters. The van der Waals surface area contributed by atoms with Crippen LogP contribution in [0.2, 0.25) is 0 Å². The summed E-state index contributed by atoms with van der Waals surface area (Å²) < 4.78 is 9.67. The van der Waals surface area contributed by atoms with Gasteiger partial charge >= 0.3 is 63.9 Å². The normalized spacial score (nSPS) is 11.2. The molecule has 0 spiro atoms. The molecule has 0 radical (unpaired) electrons. The third-order valence-corrected chi connectivity index (χ3v) is 7.21. The van der Waals surface area contributed by atoms with Crippen LogP contribution in [0.1, 0.15) is 175 Å². The number of rotatable bonds is 6. The minimum Gasteiger partial charge on any atom is -0.873 e. The van der Waals surface area contributed by atoms with Crippen molar-refractivity contribution in [3.63, 3.8) is 0 Å². The van der Waals surface area contributed by atoms with Gasteiger partial charge in [0.05, 0.1) is 0 Å². The smallest absolute Gasteiger partial charge is 0.873 e. The minimum absolute atomic E-state index is 0. The van der Waals surface area contributed by atoms with Gasteiger partial charge in [-0.3, -0.25) is 0 Å². The maximum absolute atomic E-state index is 12.7. The van der Waals surface area contributed by atoms with Gasteiger partial charge in [0.2, 0.25) is 0 Å². The van der Waals surface area contributed by atoms with Gasteiger partial charge in [0.1, 0.15) is 0 Å². The Balaban J connectivity index is -0.000000130. The van der Waals surface area contributed by atoms with E-state index in [0.29, 0.717) is 11.4 Å². The van der Waals surface area contributed by atoms with E-state index in [4.69, 9.17) is 9.47 Å². The van der Waals surface area contributed by atoms with Gasteiger partial charge in [-0.1, -0.05) is 160 Å². The fourth-order valence-corrected chi connectivity index (χ4v) is 4.50. The maximum atomic E-state index is 12.7. The monoisotopic (exact) mass is 891 g/mol. The third kappa shape index (κ3) is 36.7. The first-order valence-corrected chi connectivity index (χ1v) is 20.4. The zero-order valence-electron chi connectivity index (χ0n) is 44.1. The van der Waals surface area contributed by atoms with Gasteiger partial charge in [0.25, 0.3) is 0 Å². The maximum Gasteiger partial charge on any atom is 4.00 e. The van der Waals surface area contributed by atoms with Crippen LogP contribution in [0.5, 0.6) is 11.5 Å². The van der Waals surface area contributed by atoms with Gasteiger partial charge in [0.15, 0.2) is 0 Å². The van der Waals surface area contributed by atoms with Crippen LogP contribution in [0.3, 0.4) is 0 Å². The van der Waals surface area contributed by atoms with Gasteiger partial charge in [-0.15, -0.1) is 34.0 Å². The molecule has 0 aliphatic heterocycles. The van der Waals surface area contributed by atoms with E-state index >= 15 is 0 Å².